The quantitative estimate of drug-likeness (QED) is 0.241. The minimum Gasteiger partial charge on any atom is -0.506 e. The standard InChI is InChI=1S/C23H17Cl2N5O7S/c1-12(31)27-13-2-5-16(6-3-13)38(35,36)29-19-10-15(4-7-20(19)32)37-22-17(24)8-14(9-18(22)25)30-23(34)28-21(33)11-26-30/h2-11,29,32H,1H3,(H,27,31)(H,28,33,34). The summed E-state index contributed by atoms with van der Waals surface area (Å²) in [4.78, 5) is 36.4. The van der Waals surface area contributed by atoms with Crippen LogP contribution in [-0.4, -0.2) is 34.2 Å². The second-order valence-electron chi connectivity index (χ2n) is 7.68. The first-order valence-corrected chi connectivity index (χ1v) is 12.8. The highest BCUT2D eigenvalue weighted by molar-refractivity contribution is 7.92. The second-order valence-corrected chi connectivity index (χ2v) is 10.2. The molecule has 0 aliphatic heterocycles. The van der Waals surface area contributed by atoms with E-state index in [4.69, 9.17) is 27.9 Å². The summed E-state index contributed by atoms with van der Waals surface area (Å²) >= 11 is 12.6. The first-order valence-electron chi connectivity index (χ1n) is 10.5. The Balaban J connectivity index is 1.59. The summed E-state index contributed by atoms with van der Waals surface area (Å²) in [6.07, 6.45) is 0.907. The molecule has 12 nitrogen and oxygen atoms in total. The number of carbonyl (C=O) groups excluding carboxylic acids is 1. The molecular weight excluding hydrogens is 561 g/mol. The highest BCUT2D eigenvalue weighted by atomic mass is 35.5. The number of hydrogen-bond acceptors (Lipinski definition) is 8. The maximum absolute atomic E-state index is 12.8. The number of H-pyrrole nitrogens is 1. The highest BCUT2D eigenvalue weighted by Gasteiger charge is 2.19. The number of nitrogens with zero attached hydrogens (tertiary/aromatic N) is 2. The van der Waals surface area contributed by atoms with Gasteiger partial charge < -0.3 is 15.2 Å². The fourth-order valence-corrected chi connectivity index (χ4v) is 4.82. The molecule has 0 saturated carbocycles. The molecule has 15 heteroatoms. The lowest BCUT2D eigenvalue weighted by atomic mass is 10.2. The summed E-state index contributed by atoms with van der Waals surface area (Å²) in [5.74, 6) is -0.649. The number of halogens is 2. The van der Waals surface area contributed by atoms with Crippen LogP contribution in [0.2, 0.25) is 10.0 Å². The number of aromatic nitrogens is 3. The number of sulfonamides is 1. The Morgan fingerprint density at radius 1 is 1.05 bits per heavy atom. The van der Waals surface area contributed by atoms with Crippen molar-refractivity contribution < 1.29 is 23.1 Å². The lowest BCUT2D eigenvalue weighted by molar-refractivity contribution is -0.114. The Morgan fingerprint density at radius 2 is 1.71 bits per heavy atom. The van der Waals surface area contributed by atoms with Gasteiger partial charge in [0, 0.05) is 18.7 Å². The van der Waals surface area contributed by atoms with Crippen LogP contribution in [0.3, 0.4) is 0 Å². The van der Waals surface area contributed by atoms with Gasteiger partial charge in [0.05, 0.1) is 26.3 Å². The predicted octanol–water partition coefficient (Wildman–Crippen LogP) is 3.48. The third-order valence-corrected chi connectivity index (χ3v) is 6.80. The molecule has 3 aromatic carbocycles. The largest absolute Gasteiger partial charge is 0.506 e. The highest BCUT2D eigenvalue weighted by Crippen LogP contribution is 2.40. The number of carbonyl (C=O) groups is 1. The van der Waals surface area contributed by atoms with Crippen LogP contribution in [0.4, 0.5) is 11.4 Å². The van der Waals surface area contributed by atoms with Gasteiger partial charge in [-0.05, 0) is 48.5 Å². The lowest BCUT2D eigenvalue weighted by Gasteiger charge is -2.14. The molecule has 196 valence electrons. The van der Waals surface area contributed by atoms with Crippen molar-refractivity contribution in [2.45, 2.75) is 11.8 Å². The van der Waals surface area contributed by atoms with Crippen molar-refractivity contribution in [3.63, 3.8) is 0 Å². The van der Waals surface area contributed by atoms with E-state index in [1.54, 1.807) is 0 Å². The van der Waals surface area contributed by atoms with Crippen LogP contribution in [0.15, 0.2) is 75.3 Å². The summed E-state index contributed by atoms with van der Waals surface area (Å²) in [6, 6.07) is 11.8. The van der Waals surface area contributed by atoms with Gasteiger partial charge in [-0.1, -0.05) is 23.2 Å². The maximum atomic E-state index is 12.8. The molecule has 1 amide bonds. The number of ether oxygens (including phenoxy) is 1. The molecule has 0 radical (unpaired) electrons. The van der Waals surface area contributed by atoms with E-state index >= 15 is 0 Å². The van der Waals surface area contributed by atoms with E-state index in [1.165, 1.54) is 61.5 Å². The zero-order chi connectivity index (χ0) is 27.6. The van der Waals surface area contributed by atoms with Crippen molar-refractivity contribution in [3.05, 3.63) is 91.7 Å². The third kappa shape index (κ3) is 5.96. The Hall–Kier alpha value is -4.33. The number of nitrogens with one attached hydrogen (secondary N) is 3. The van der Waals surface area contributed by atoms with Crippen molar-refractivity contribution in [2.24, 2.45) is 0 Å². The van der Waals surface area contributed by atoms with Crippen molar-refractivity contribution in [3.8, 4) is 22.9 Å². The van der Waals surface area contributed by atoms with Gasteiger partial charge in [0.25, 0.3) is 15.6 Å². The third-order valence-electron chi connectivity index (χ3n) is 4.86. The van der Waals surface area contributed by atoms with Gasteiger partial charge in [-0.3, -0.25) is 19.3 Å². The first-order chi connectivity index (χ1) is 17.9. The van der Waals surface area contributed by atoms with Gasteiger partial charge in [0.2, 0.25) is 5.91 Å². The topological polar surface area (TPSA) is 172 Å². The van der Waals surface area contributed by atoms with Crippen LogP contribution in [0.5, 0.6) is 17.2 Å². The summed E-state index contributed by atoms with van der Waals surface area (Å²) in [5.41, 5.74) is -1.11. The van der Waals surface area contributed by atoms with Gasteiger partial charge in [-0.2, -0.15) is 9.78 Å². The Morgan fingerprint density at radius 3 is 2.32 bits per heavy atom. The van der Waals surface area contributed by atoms with Gasteiger partial charge in [-0.25, -0.2) is 13.2 Å². The van der Waals surface area contributed by atoms with E-state index in [-0.39, 0.29) is 49.5 Å². The van der Waals surface area contributed by atoms with Crippen LogP contribution in [0, 0.1) is 0 Å². The fraction of sp³-hybridized carbons (Fsp3) is 0.0435. The summed E-state index contributed by atoms with van der Waals surface area (Å²) in [5, 5.41) is 16.4. The molecule has 0 atom stereocenters. The van der Waals surface area contributed by atoms with E-state index < -0.39 is 21.3 Å². The number of phenols is 1. The summed E-state index contributed by atoms with van der Waals surface area (Å²) in [6.45, 7) is 1.32. The molecule has 0 aliphatic carbocycles. The van der Waals surface area contributed by atoms with Crippen molar-refractivity contribution in [1.82, 2.24) is 14.8 Å². The van der Waals surface area contributed by atoms with Crippen molar-refractivity contribution in [2.75, 3.05) is 10.0 Å². The minimum absolute atomic E-state index is 0.0254. The summed E-state index contributed by atoms with van der Waals surface area (Å²) in [7, 11) is -4.13. The number of aromatic amines is 1. The monoisotopic (exact) mass is 577 g/mol. The Kier molecular flexibility index (Phi) is 7.44. The van der Waals surface area contributed by atoms with Gasteiger partial charge in [0.15, 0.2) is 5.75 Å². The number of anilines is 2. The van der Waals surface area contributed by atoms with Crippen LogP contribution < -0.4 is 26.0 Å². The predicted molar refractivity (Wildman–Crippen MR) is 140 cm³/mol. The van der Waals surface area contributed by atoms with Crippen LogP contribution in [0.1, 0.15) is 6.92 Å². The van der Waals surface area contributed by atoms with Crippen molar-refractivity contribution in [1.29, 1.82) is 0 Å². The van der Waals surface area contributed by atoms with E-state index in [2.05, 4.69) is 20.1 Å². The van der Waals surface area contributed by atoms with Crippen molar-refractivity contribution >= 4 is 50.5 Å². The smallest absolute Gasteiger partial charge is 0.349 e. The van der Waals surface area contributed by atoms with Crippen LogP contribution in [0.25, 0.3) is 5.69 Å². The molecule has 0 aliphatic rings. The van der Waals surface area contributed by atoms with Gasteiger partial charge in [-0.15, -0.1) is 0 Å². The molecule has 0 bridgehead atoms. The van der Waals surface area contributed by atoms with Gasteiger partial charge >= 0.3 is 5.69 Å². The average molecular weight is 578 g/mol. The molecule has 0 saturated heterocycles. The van der Waals surface area contributed by atoms with E-state index in [1.807, 2.05) is 0 Å². The number of amides is 1. The molecule has 38 heavy (non-hydrogen) atoms. The molecule has 0 spiro atoms. The van der Waals surface area contributed by atoms with E-state index in [9.17, 15) is 27.9 Å². The zero-order valence-corrected chi connectivity index (χ0v) is 21.6. The van der Waals surface area contributed by atoms with Crippen LogP contribution in [-0.2, 0) is 14.8 Å². The number of aromatic hydroxyl groups is 1. The number of rotatable bonds is 7. The fourth-order valence-electron chi connectivity index (χ4n) is 3.21. The minimum atomic E-state index is -4.13. The molecular formula is C23H17Cl2N5O7S. The molecule has 4 N–H and O–H groups in total. The molecule has 0 fully saturated rings. The molecule has 4 aromatic rings. The lowest BCUT2D eigenvalue weighted by Crippen LogP contribution is -2.30. The number of phenolic OH excluding ortho intramolecular Hbond substituents is 1. The van der Waals surface area contributed by atoms with E-state index in [0.29, 0.717) is 5.69 Å². The van der Waals surface area contributed by atoms with Crippen LogP contribution >= 0.6 is 23.2 Å². The molecule has 4 rings (SSSR count). The first kappa shape index (κ1) is 26.7. The maximum Gasteiger partial charge on any atom is 0.349 e. The molecule has 0 unspecified atom stereocenters. The Bertz CT molecular complexity index is 1750. The zero-order valence-electron chi connectivity index (χ0n) is 19.2. The number of benzene rings is 3. The summed E-state index contributed by atoms with van der Waals surface area (Å²) < 4.78 is 34.6. The van der Waals surface area contributed by atoms with Gasteiger partial charge in [0.1, 0.15) is 17.7 Å². The Labute approximate surface area is 224 Å². The SMILES string of the molecule is CC(=O)Nc1ccc(S(=O)(=O)Nc2cc(Oc3c(Cl)cc(-n4ncc(=O)[nH]c4=O)cc3Cl)ccc2O)cc1. The number of hydrogen-bond donors (Lipinski definition) is 4. The molecule has 1 heterocycles. The van der Waals surface area contributed by atoms with E-state index in [0.717, 1.165) is 10.9 Å². The second kappa shape index (κ2) is 10.6. The molecule has 1 aromatic heterocycles. The average Bonchev–Trinajstić information content (AvgIpc) is 2.83. The normalized spacial score (nSPS) is 11.1.